The molecule has 3 amide bonds. The summed E-state index contributed by atoms with van der Waals surface area (Å²) in [6.45, 7) is 1.06. The van der Waals surface area contributed by atoms with Gasteiger partial charge in [0.1, 0.15) is 5.75 Å². The number of aromatic hydroxyl groups is 1. The lowest BCUT2D eigenvalue weighted by molar-refractivity contribution is -0.125. The molecule has 1 rings (SSSR count). The van der Waals surface area contributed by atoms with Crippen LogP contribution in [0.4, 0.5) is 0 Å². The third kappa shape index (κ3) is 4.52. The van der Waals surface area contributed by atoms with Crippen molar-refractivity contribution in [1.82, 2.24) is 16.2 Å². The molecule has 0 radical (unpaired) electrons. The number of nitrogens with one attached hydrogen (secondary N) is 3. The molecule has 0 saturated heterocycles. The molecule has 0 heterocycles. The summed E-state index contributed by atoms with van der Waals surface area (Å²) < 4.78 is 0. The summed E-state index contributed by atoms with van der Waals surface area (Å²) in [7, 11) is 0. The Bertz CT molecular complexity index is 456. The zero-order chi connectivity index (χ0) is 13.5. The zero-order valence-electron chi connectivity index (χ0n) is 9.69. The second-order valence-electron chi connectivity index (χ2n) is 3.46. The van der Waals surface area contributed by atoms with Crippen LogP contribution in [0.3, 0.4) is 0 Å². The summed E-state index contributed by atoms with van der Waals surface area (Å²) in [4.78, 5) is 33.2. The number of hydrazine groups is 1. The lowest BCUT2D eigenvalue weighted by atomic mass is 10.2. The Morgan fingerprint density at radius 1 is 1.11 bits per heavy atom. The first kappa shape index (κ1) is 13.5. The number of phenols is 1. The smallest absolute Gasteiger partial charge is 0.269 e. The van der Waals surface area contributed by atoms with Crippen LogP contribution in [0.5, 0.6) is 5.75 Å². The molecule has 1 aromatic rings. The topological polar surface area (TPSA) is 108 Å². The van der Waals surface area contributed by atoms with Gasteiger partial charge in [0.25, 0.3) is 11.8 Å². The summed E-state index contributed by atoms with van der Waals surface area (Å²) in [6, 6.07) is 5.53. The van der Waals surface area contributed by atoms with Crippen molar-refractivity contribution in [2.45, 2.75) is 6.92 Å². The van der Waals surface area contributed by atoms with Crippen molar-refractivity contribution < 1.29 is 19.5 Å². The molecule has 18 heavy (non-hydrogen) atoms. The van der Waals surface area contributed by atoms with E-state index in [1.54, 1.807) is 0 Å². The van der Waals surface area contributed by atoms with Crippen LogP contribution >= 0.6 is 0 Å². The third-order valence-corrected chi connectivity index (χ3v) is 1.94. The molecular formula is C11H13N3O4. The monoisotopic (exact) mass is 251 g/mol. The van der Waals surface area contributed by atoms with Crippen LogP contribution in [0.15, 0.2) is 24.3 Å². The van der Waals surface area contributed by atoms with Crippen molar-refractivity contribution in [3.05, 3.63) is 29.8 Å². The predicted molar refractivity (Wildman–Crippen MR) is 62.4 cm³/mol. The fraction of sp³-hybridized carbons (Fsp3) is 0.182. The van der Waals surface area contributed by atoms with Gasteiger partial charge in [0.2, 0.25) is 5.91 Å². The van der Waals surface area contributed by atoms with Gasteiger partial charge in [-0.05, 0) is 24.3 Å². The van der Waals surface area contributed by atoms with E-state index in [0.717, 1.165) is 0 Å². The quantitative estimate of drug-likeness (QED) is 0.532. The normalized spacial score (nSPS) is 9.39. The van der Waals surface area contributed by atoms with E-state index < -0.39 is 11.8 Å². The number of hydrogen-bond donors (Lipinski definition) is 4. The van der Waals surface area contributed by atoms with Crippen LogP contribution in [0.1, 0.15) is 17.3 Å². The summed E-state index contributed by atoms with van der Waals surface area (Å²) in [5.41, 5.74) is 4.59. The average Bonchev–Trinajstić information content (AvgIpc) is 2.34. The minimum Gasteiger partial charge on any atom is -0.508 e. The molecule has 0 aliphatic carbocycles. The predicted octanol–water partition coefficient (Wildman–Crippen LogP) is -0.711. The number of amides is 3. The molecule has 0 aliphatic rings. The van der Waals surface area contributed by atoms with Gasteiger partial charge in [-0.1, -0.05) is 0 Å². The fourth-order valence-corrected chi connectivity index (χ4v) is 1.06. The lowest BCUT2D eigenvalue weighted by Gasteiger charge is -2.07. The molecule has 7 heteroatoms. The van der Waals surface area contributed by atoms with E-state index in [2.05, 4.69) is 16.2 Å². The minimum absolute atomic E-state index is 0.0428. The van der Waals surface area contributed by atoms with Gasteiger partial charge in [0, 0.05) is 12.5 Å². The van der Waals surface area contributed by atoms with E-state index in [4.69, 9.17) is 5.11 Å². The molecule has 0 bridgehead atoms. The number of benzene rings is 1. The van der Waals surface area contributed by atoms with E-state index in [-0.39, 0.29) is 23.8 Å². The first-order valence-electron chi connectivity index (χ1n) is 5.11. The largest absolute Gasteiger partial charge is 0.508 e. The zero-order valence-corrected chi connectivity index (χ0v) is 9.69. The van der Waals surface area contributed by atoms with Crippen LogP contribution in [-0.2, 0) is 9.59 Å². The van der Waals surface area contributed by atoms with E-state index >= 15 is 0 Å². The molecular weight excluding hydrogens is 238 g/mol. The van der Waals surface area contributed by atoms with Crippen molar-refractivity contribution in [3.8, 4) is 5.75 Å². The molecule has 0 saturated carbocycles. The van der Waals surface area contributed by atoms with Crippen molar-refractivity contribution in [2.24, 2.45) is 0 Å². The maximum absolute atomic E-state index is 11.5. The standard InChI is InChI=1S/C11H13N3O4/c1-7(15)12-6-10(17)13-14-11(18)8-2-4-9(16)5-3-8/h2-5,16H,6H2,1H3,(H,12,15)(H,13,17)(H,14,18). The van der Waals surface area contributed by atoms with Gasteiger partial charge in [0.05, 0.1) is 6.54 Å². The molecule has 0 atom stereocenters. The molecule has 0 aromatic heterocycles. The number of rotatable bonds is 3. The molecule has 0 spiro atoms. The Hall–Kier alpha value is -2.57. The second-order valence-corrected chi connectivity index (χ2v) is 3.46. The highest BCUT2D eigenvalue weighted by Crippen LogP contribution is 2.08. The lowest BCUT2D eigenvalue weighted by Crippen LogP contribution is -2.46. The Labute approximate surface area is 103 Å². The average molecular weight is 251 g/mol. The first-order valence-corrected chi connectivity index (χ1v) is 5.11. The molecule has 96 valence electrons. The summed E-state index contributed by atoms with van der Waals surface area (Å²) >= 11 is 0. The highest BCUT2D eigenvalue weighted by molar-refractivity contribution is 5.95. The van der Waals surface area contributed by atoms with Crippen LogP contribution in [0, 0.1) is 0 Å². The molecule has 0 fully saturated rings. The van der Waals surface area contributed by atoms with E-state index in [1.165, 1.54) is 31.2 Å². The van der Waals surface area contributed by atoms with Gasteiger partial charge in [-0.15, -0.1) is 0 Å². The van der Waals surface area contributed by atoms with Gasteiger partial charge in [-0.3, -0.25) is 25.2 Å². The van der Waals surface area contributed by atoms with Crippen molar-refractivity contribution in [1.29, 1.82) is 0 Å². The molecule has 0 aliphatic heterocycles. The molecule has 4 N–H and O–H groups in total. The van der Waals surface area contributed by atoms with E-state index in [0.29, 0.717) is 0 Å². The van der Waals surface area contributed by atoms with E-state index in [9.17, 15) is 14.4 Å². The number of carbonyl (C=O) groups is 3. The SMILES string of the molecule is CC(=O)NCC(=O)NNC(=O)c1ccc(O)cc1. The van der Waals surface area contributed by atoms with Crippen molar-refractivity contribution in [3.63, 3.8) is 0 Å². The highest BCUT2D eigenvalue weighted by Gasteiger charge is 2.07. The maximum Gasteiger partial charge on any atom is 0.269 e. The van der Waals surface area contributed by atoms with Gasteiger partial charge in [-0.2, -0.15) is 0 Å². The van der Waals surface area contributed by atoms with E-state index in [1.807, 2.05) is 0 Å². The third-order valence-electron chi connectivity index (χ3n) is 1.94. The Morgan fingerprint density at radius 3 is 2.28 bits per heavy atom. The Morgan fingerprint density at radius 2 is 1.72 bits per heavy atom. The van der Waals surface area contributed by atoms with Gasteiger partial charge in [0.15, 0.2) is 0 Å². The summed E-state index contributed by atoms with van der Waals surface area (Å²) in [6.07, 6.45) is 0. The van der Waals surface area contributed by atoms with Crippen LogP contribution in [-0.4, -0.2) is 29.4 Å². The fourth-order valence-electron chi connectivity index (χ4n) is 1.06. The Kier molecular flexibility index (Phi) is 4.67. The number of phenolic OH excluding ortho intramolecular Hbond substituents is 1. The summed E-state index contributed by atoms with van der Waals surface area (Å²) in [5, 5.41) is 11.3. The van der Waals surface area contributed by atoms with Gasteiger partial charge in [-0.25, -0.2) is 0 Å². The van der Waals surface area contributed by atoms with Crippen LogP contribution in [0.2, 0.25) is 0 Å². The van der Waals surface area contributed by atoms with Crippen LogP contribution < -0.4 is 16.2 Å². The number of hydrogen-bond acceptors (Lipinski definition) is 4. The first-order chi connectivity index (χ1) is 8.49. The molecule has 1 aromatic carbocycles. The highest BCUT2D eigenvalue weighted by atomic mass is 16.3. The van der Waals surface area contributed by atoms with Gasteiger partial charge < -0.3 is 10.4 Å². The van der Waals surface area contributed by atoms with Crippen molar-refractivity contribution >= 4 is 17.7 Å². The van der Waals surface area contributed by atoms with Crippen LogP contribution in [0.25, 0.3) is 0 Å². The Balaban J connectivity index is 2.39. The maximum atomic E-state index is 11.5. The summed E-state index contributed by atoms with van der Waals surface area (Å²) in [5.74, 6) is -1.36. The number of carbonyl (C=O) groups excluding carboxylic acids is 3. The molecule has 7 nitrogen and oxygen atoms in total. The minimum atomic E-state index is -0.544. The van der Waals surface area contributed by atoms with Crippen molar-refractivity contribution in [2.75, 3.05) is 6.54 Å². The van der Waals surface area contributed by atoms with Gasteiger partial charge >= 0.3 is 0 Å². The molecule has 0 unspecified atom stereocenters. The second kappa shape index (κ2) is 6.24.